The number of hydrogen-bond acceptors (Lipinski definition) is 2. The zero-order valence-corrected chi connectivity index (χ0v) is 9.44. The maximum absolute atomic E-state index is 11.4. The molecule has 1 atom stereocenters. The Morgan fingerprint density at radius 3 is 2.46 bits per heavy atom. The molecule has 0 aliphatic rings. The van der Waals surface area contributed by atoms with Gasteiger partial charge in [-0.2, -0.15) is 0 Å². The Morgan fingerprint density at radius 2 is 2.08 bits per heavy atom. The van der Waals surface area contributed by atoms with Gasteiger partial charge in [-0.25, -0.2) is 0 Å². The highest BCUT2D eigenvalue weighted by Gasteiger charge is 2.21. The molecule has 1 amide bonds. The third-order valence-electron chi connectivity index (χ3n) is 1.51. The molecule has 0 saturated heterocycles. The van der Waals surface area contributed by atoms with E-state index in [-0.39, 0.29) is 16.7 Å². The number of amides is 1. The average Bonchev–Trinajstić information content (AvgIpc) is 1.99. The summed E-state index contributed by atoms with van der Waals surface area (Å²) >= 11 is 5.84. The van der Waals surface area contributed by atoms with Crippen LogP contribution in [-0.4, -0.2) is 31.5 Å². The van der Waals surface area contributed by atoms with E-state index in [1.165, 1.54) is 0 Å². The molecule has 0 fully saturated rings. The summed E-state index contributed by atoms with van der Waals surface area (Å²) in [6, 6.07) is 0. The molecule has 4 heteroatoms. The fourth-order valence-corrected chi connectivity index (χ4v) is 0.912. The van der Waals surface area contributed by atoms with E-state index in [0.29, 0.717) is 13.2 Å². The van der Waals surface area contributed by atoms with Crippen LogP contribution in [0.25, 0.3) is 0 Å². The van der Waals surface area contributed by atoms with E-state index in [2.05, 4.69) is 5.32 Å². The van der Waals surface area contributed by atoms with Crippen LogP contribution in [0, 0.1) is 5.41 Å². The van der Waals surface area contributed by atoms with Crippen molar-refractivity contribution in [2.75, 3.05) is 20.3 Å². The van der Waals surface area contributed by atoms with Crippen LogP contribution >= 0.6 is 11.6 Å². The summed E-state index contributed by atoms with van der Waals surface area (Å²) in [5, 5.41) is 2.60. The summed E-state index contributed by atoms with van der Waals surface area (Å²) in [6.07, 6.45) is 0. The second-order valence-corrected chi connectivity index (χ2v) is 4.63. The van der Waals surface area contributed by atoms with Crippen LogP contribution in [0.15, 0.2) is 0 Å². The molecule has 0 spiro atoms. The molecule has 3 nitrogen and oxygen atoms in total. The molecule has 78 valence electrons. The van der Waals surface area contributed by atoms with Crippen LogP contribution in [-0.2, 0) is 9.53 Å². The van der Waals surface area contributed by atoms with E-state index in [1.54, 1.807) is 7.11 Å². The lowest BCUT2D eigenvalue weighted by Gasteiger charge is -2.18. The van der Waals surface area contributed by atoms with Gasteiger partial charge < -0.3 is 10.1 Å². The monoisotopic (exact) mass is 207 g/mol. The Hall–Kier alpha value is -0.280. The number of carbonyl (C=O) groups excluding carboxylic acids is 1. The van der Waals surface area contributed by atoms with Crippen molar-refractivity contribution >= 4 is 17.5 Å². The van der Waals surface area contributed by atoms with E-state index >= 15 is 0 Å². The summed E-state index contributed by atoms with van der Waals surface area (Å²) in [6.45, 7) is 6.49. The first kappa shape index (κ1) is 12.7. The minimum atomic E-state index is -0.357. The van der Waals surface area contributed by atoms with Crippen molar-refractivity contribution in [1.29, 1.82) is 0 Å². The number of nitrogens with one attached hydrogen (secondary N) is 1. The fraction of sp³-hybridized carbons (Fsp3) is 0.889. The molecule has 1 unspecified atom stereocenters. The predicted molar refractivity (Wildman–Crippen MR) is 54.0 cm³/mol. The first-order chi connectivity index (χ1) is 5.88. The molecule has 0 bridgehead atoms. The lowest BCUT2D eigenvalue weighted by molar-refractivity contribution is -0.128. The second-order valence-electron chi connectivity index (χ2n) is 4.01. The molecule has 0 aliphatic heterocycles. The fourth-order valence-electron chi connectivity index (χ4n) is 0.708. The van der Waals surface area contributed by atoms with E-state index in [1.807, 2.05) is 20.8 Å². The SMILES string of the molecule is COCC(Cl)CNC(=O)C(C)(C)C. The van der Waals surface area contributed by atoms with E-state index in [0.717, 1.165) is 0 Å². The lowest BCUT2D eigenvalue weighted by atomic mass is 9.96. The van der Waals surface area contributed by atoms with E-state index < -0.39 is 0 Å². The standard InChI is InChI=1S/C9H18ClNO2/c1-9(2,3)8(12)11-5-7(10)6-13-4/h7H,5-6H2,1-4H3,(H,11,12). The predicted octanol–water partition coefficient (Wildman–Crippen LogP) is 1.40. The van der Waals surface area contributed by atoms with Crippen LogP contribution in [0.5, 0.6) is 0 Å². The van der Waals surface area contributed by atoms with Crippen LogP contribution in [0.2, 0.25) is 0 Å². The second kappa shape index (κ2) is 5.45. The molecule has 0 aromatic heterocycles. The number of methoxy groups -OCH3 is 1. The molecular formula is C9H18ClNO2. The van der Waals surface area contributed by atoms with Crippen molar-refractivity contribution in [2.45, 2.75) is 26.1 Å². The Bertz CT molecular complexity index is 165. The summed E-state index contributed by atoms with van der Waals surface area (Å²) in [5.74, 6) is 0.00857. The van der Waals surface area contributed by atoms with Gasteiger partial charge in [-0.1, -0.05) is 20.8 Å². The summed E-state index contributed by atoms with van der Waals surface area (Å²) in [4.78, 5) is 11.4. The Kier molecular flexibility index (Phi) is 5.33. The number of alkyl halides is 1. The van der Waals surface area contributed by atoms with Crippen molar-refractivity contribution in [3.63, 3.8) is 0 Å². The largest absolute Gasteiger partial charge is 0.383 e. The van der Waals surface area contributed by atoms with Gasteiger partial charge in [0.25, 0.3) is 0 Å². The van der Waals surface area contributed by atoms with Gasteiger partial charge in [0.2, 0.25) is 5.91 Å². The van der Waals surface area contributed by atoms with Gasteiger partial charge in [0, 0.05) is 19.1 Å². The van der Waals surface area contributed by atoms with Crippen molar-refractivity contribution in [2.24, 2.45) is 5.41 Å². The van der Waals surface area contributed by atoms with Gasteiger partial charge in [-0.05, 0) is 0 Å². The molecule has 13 heavy (non-hydrogen) atoms. The maximum Gasteiger partial charge on any atom is 0.225 e. The van der Waals surface area contributed by atoms with Gasteiger partial charge in [-0.15, -0.1) is 11.6 Å². The van der Waals surface area contributed by atoms with Crippen molar-refractivity contribution in [1.82, 2.24) is 5.32 Å². The first-order valence-corrected chi connectivity index (χ1v) is 4.73. The Labute approximate surface area is 84.8 Å². The van der Waals surface area contributed by atoms with Crippen molar-refractivity contribution in [3.05, 3.63) is 0 Å². The van der Waals surface area contributed by atoms with Crippen LogP contribution < -0.4 is 5.32 Å². The average molecular weight is 208 g/mol. The summed E-state index contributed by atoms with van der Waals surface area (Å²) < 4.78 is 4.84. The van der Waals surface area contributed by atoms with Crippen molar-refractivity contribution in [3.8, 4) is 0 Å². The number of halogens is 1. The van der Waals surface area contributed by atoms with Gasteiger partial charge in [0.15, 0.2) is 0 Å². The molecule has 0 saturated carbocycles. The molecule has 0 radical (unpaired) electrons. The zero-order chi connectivity index (χ0) is 10.5. The highest BCUT2D eigenvalue weighted by Crippen LogP contribution is 2.12. The third kappa shape index (κ3) is 5.88. The quantitative estimate of drug-likeness (QED) is 0.708. The van der Waals surface area contributed by atoms with Gasteiger partial charge in [-0.3, -0.25) is 4.79 Å². The Morgan fingerprint density at radius 1 is 1.54 bits per heavy atom. The highest BCUT2D eigenvalue weighted by molar-refractivity contribution is 6.21. The molecule has 0 aliphatic carbocycles. The maximum atomic E-state index is 11.4. The lowest BCUT2D eigenvalue weighted by Crippen LogP contribution is -2.38. The summed E-state index contributed by atoms with van der Waals surface area (Å²) in [7, 11) is 1.58. The molecule has 0 aromatic rings. The molecular weight excluding hydrogens is 190 g/mol. The van der Waals surface area contributed by atoms with Gasteiger partial charge in [0.05, 0.1) is 12.0 Å². The Balaban J connectivity index is 3.71. The van der Waals surface area contributed by atoms with Gasteiger partial charge >= 0.3 is 0 Å². The molecule has 1 N–H and O–H groups in total. The number of carbonyl (C=O) groups is 1. The van der Waals surface area contributed by atoms with E-state index in [9.17, 15) is 4.79 Å². The molecule has 0 heterocycles. The zero-order valence-electron chi connectivity index (χ0n) is 8.69. The number of ether oxygens (including phenoxy) is 1. The van der Waals surface area contributed by atoms with E-state index in [4.69, 9.17) is 16.3 Å². The first-order valence-electron chi connectivity index (χ1n) is 4.29. The van der Waals surface area contributed by atoms with Crippen LogP contribution in [0.1, 0.15) is 20.8 Å². The topological polar surface area (TPSA) is 38.3 Å². The summed E-state index contributed by atoms with van der Waals surface area (Å²) in [5.41, 5.74) is -0.357. The van der Waals surface area contributed by atoms with Crippen LogP contribution in [0.4, 0.5) is 0 Å². The van der Waals surface area contributed by atoms with Crippen LogP contribution in [0.3, 0.4) is 0 Å². The minimum Gasteiger partial charge on any atom is -0.383 e. The minimum absolute atomic E-state index is 0.00857. The number of hydrogen-bond donors (Lipinski definition) is 1. The molecule has 0 aromatic carbocycles. The highest BCUT2D eigenvalue weighted by atomic mass is 35.5. The van der Waals surface area contributed by atoms with Gasteiger partial charge in [0.1, 0.15) is 0 Å². The third-order valence-corrected chi connectivity index (χ3v) is 1.79. The number of rotatable bonds is 4. The smallest absolute Gasteiger partial charge is 0.225 e. The normalized spacial score (nSPS) is 13.9. The van der Waals surface area contributed by atoms with Crippen molar-refractivity contribution < 1.29 is 9.53 Å². The molecule has 0 rings (SSSR count).